The zero-order valence-electron chi connectivity index (χ0n) is 7.18. The molecule has 0 atom stereocenters. The second kappa shape index (κ2) is 6.16. The monoisotopic (exact) mass is 172 g/mol. The highest BCUT2D eigenvalue weighted by Gasteiger charge is 1.94. The average Bonchev–Trinajstić information content (AvgIpc) is 1.97. The van der Waals surface area contributed by atoms with Crippen LogP contribution in [0.3, 0.4) is 0 Å². The van der Waals surface area contributed by atoms with Crippen molar-refractivity contribution >= 4 is 17.3 Å². The Balaban J connectivity index is 3.29. The van der Waals surface area contributed by atoms with Crippen LogP contribution >= 0.6 is 12.2 Å². The minimum atomic E-state index is 0.624. The Bertz CT molecular complexity index is 132. The van der Waals surface area contributed by atoms with Gasteiger partial charge in [-0.2, -0.15) is 0 Å². The predicted octanol–water partition coefficient (Wildman–Crippen LogP) is 1.29. The molecule has 0 aromatic carbocycles. The van der Waals surface area contributed by atoms with Gasteiger partial charge in [0.15, 0.2) is 5.11 Å². The van der Waals surface area contributed by atoms with Gasteiger partial charge in [0.25, 0.3) is 0 Å². The van der Waals surface area contributed by atoms with E-state index in [9.17, 15) is 0 Å². The van der Waals surface area contributed by atoms with Crippen molar-refractivity contribution in [3.8, 4) is 0 Å². The van der Waals surface area contributed by atoms with Gasteiger partial charge in [-0.1, -0.05) is 19.9 Å². The summed E-state index contributed by atoms with van der Waals surface area (Å²) in [6, 6.07) is 0. The van der Waals surface area contributed by atoms with E-state index in [0.29, 0.717) is 11.0 Å². The highest BCUT2D eigenvalue weighted by molar-refractivity contribution is 7.80. The molecule has 0 bridgehead atoms. The number of hydrogen-bond donors (Lipinski definition) is 2. The summed E-state index contributed by atoms with van der Waals surface area (Å²) in [5.74, 6) is 0.624. The number of rotatable bonds is 4. The summed E-state index contributed by atoms with van der Waals surface area (Å²) in [4.78, 5) is 0. The van der Waals surface area contributed by atoms with Crippen LogP contribution in [0.4, 0.5) is 0 Å². The molecule has 0 rings (SSSR count). The molecule has 0 fully saturated rings. The van der Waals surface area contributed by atoms with Gasteiger partial charge >= 0.3 is 0 Å². The molecular weight excluding hydrogens is 156 g/mol. The van der Waals surface area contributed by atoms with Crippen LogP contribution in [0.2, 0.25) is 0 Å². The molecule has 3 heteroatoms. The Morgan fingerprint density at radius 2 is 2.18 bits per heavy atom. The van der Waals surface area contributed by atoms with E-state index in [-0.39, 0.29) is 0 Å². The van der Waals surface area contributed by atoms with E-state index >= 15 is 0 Å². The lowest BCUT2D eigenvalue weighted by atomic mass is 10.2. The fourth-order valence-corrected chi connectivity index (χ4v) is 0.691. The van der Waals surface area contributed by atoms with E-state index in [4.69, 9.17) is 12.2 Å². The number of nitrogens with one attached hydrogen (secondary N) is 2. The zero-order chi connectivity index (χ0) is 8.69. The summed E-state index contributed by atoms with van der Waals surface area (Å²) < 4.78 is 0. The largest absolute Gasteiger partial charge is 0.362 e. The normalized spacial score (nSPS) is 9.36. The molecule has 0 unspecified atom stereocenters. The molecule has 11 heavy (non-hydrogen) atoms. The third-order valence-electron chi connectivity index (χ3n) is 1.08. The van der Waals surface area contributed by atoms with Crippen molar-refractivity contribution in [1.82, 2.24) is 10.6 Å². The maximum atomic E-state index is 4.97. The highest BCUT2D eigenvalue weighted by Crippen LogP contribution is 1.86. The molecule has 64 valence electrons. The molecule has 0 aromatic rings. The summed E-state index contributed by atoms with van der Waals surface area (Å²) in [7, 11) is 0. The second-order valence-electron chi connectivity index (χ2n) is 2.77. The molecule has 0 saturated heterocycles. The molecule has 0 aliphatic carbocycles. The summed E-state index contributed by atoms with van der Waals surface area (Å²) in [5, 5.41) is 6.79. The van der Waals surface area contributed by atoms with Crippen LogP contribution < -0.4 is 10.6 Å². The lowest BCUT2D eigenvalue weighted by molar-refractivity contribution is 0.621. The Labute approximate surface area is 74.1 Å². The lowest BCUT2D eigenvalue weighted by Gasteiger charge is -2.10. The van der Waals surface area contributed by atoms with Crippen molar-refractivity contribution < 1.29 is 0 Å². The fraction of sp³-hybridized carbons (Fsp3) is 0.625. The van der Waals surface area contributed by atoms with Gasteiger partial charge in [0, 0.05) is 13.1 Å². The standard InChI is InChI=1S/C8H16N2S/c1-4-5-9-8(11)10-6-7(2)3/h4,7H,1,5-6H2,2-3H3,(H2,9,10,11). The van der Waals surface area contributed by atoms with Crippen molar-refractivity contribution in [2.75, 3.05) is 13.1 Å². The van der Waals surface area contributed by atoms with Crippen LogP contribution in [0.25, 0.3) is 0 Å². The lowest BCUT2D eigenvalue weighted by Crippen LogP contribution is -2.37. The van der Waals surface area contributed by atoms with Crippen LogP contribution in [-0.2, 0) is 0 Å². The Hall–Kier alpha value is -0.570. The Kier molecular flexibility index (Phi) is 5.84. The van der Waals surface area contributed by atoms with Gasteiger partial charge in [0.1, 0.15) is 0 Å². The SMILES string of the molecule is C=CCNC(=S)NCC(C)C. The first-order chi connectivity index (χ1) is 5.16. The molecule has 0 heterocycles. The van der Waals surface area contributed by atoms with Crippen LogP contribution in [-0.4, -0.2) is 18.2 Å². The van der Waals surface area contributed by atoms with Crippen molar-refractivity contribution in [2.24, 2.45) is 5.92 Å². The van der Waals surface area contributed by atoms with E-state index in [0.717, 1.165) is 13.1 Å². The van der Waals surface area contributed by atoms with Crippen molar-refractivity contribution in [2.45, 2.75) is 13.8 Å². The quantitative estimate of drug-likeness (QED) is 0.493. The fourth-order valence-electron chi connectivity index (χ4n) is 0.524. The minimum Gasteiger partial charge on any atom is -0.362 e. The zero-order valence-corrected chi connectivity index (χ0v) is 8.00. The summed E-state index contributed by atoms with van der Waals surface area (Å²) in [5.41, 5.74) is 0. The van der Waals surface area contributed by atoms with Crippen molar-refractivity contribution in [3.63, 3.8) is 0 Å². The van der Waals surface area contributed by atoms with E-state index in [1.54, 1.807) is 6.08 Å². The number of thiocarbonyl (C=S) groups is 1. The van der Waals surface area contributed by atoms with E-state index in [2.05, 4.69) is 31.1 Å². The molecule has 0 spiro atoms. The topological polar surface area (TPSA) is 24.1 Å². The Morgan fingerprint density at radius 3 is 2.64 bits per heavy atom. The van der Waals surface area contributed by atoms with Crippen molar-refractivity contribution in [3.05, 3.63) is 12.7 Å². The van der Waals surface area contributed by atoms with Crippen LogP contribution in [0.5, 0.6) is 0 Å². The van der Waals surface area contributed by atoms with E-state index in [1.165, 1.54) is 0 Å². The molecular formula is C8H16N2S. The van der Waals surface area contributed by atoms with Crippen LogP contribution in [0.15, 0.2) is 12.7 Å². The van der Waals surface area contributed by atoms with E-state index < -0.39 is 0 Å². The first kappa shape index (κ1) is 10.4. The van der Waals surface area contributed by atoms with Gasteiger partial charge in [0.05, 0.1) is 0 Å². The molecule has 0 radical (unpaired) electrons. The van der Waals surface area contributed by atoms with Crippen LogP contribution in [0, 0.1) is 5.92 Å². The Morgan fingerprint density at radius 1 is 1.55 bits per heavy atom. The third kappa shape index (κ3) is 7.33. The highest BCUT2D eigenvalue weighted by atomic mass is 32.1. The molecule has 2 N–H and O–H groups in total. The first-order valence-corrected chi connectivity index (χ1v) is 4.20. The summed E-state index contributed by atoms with van der Waals surface area (Å²) in [6.07, 6.45) is 1.78. The number of hydrogen-bond acceptors (Lipinski definition) is 1. The van der Waals surface area contributed by atoms with Crippen molar-refractivity contribution in [1.29, 1.82) is 0 Å². The average molecular weight is 172 g/mol. The summed E-state index contributed by atoms with van der Waals surface area (Å²) in [6.45, 7) is 9.51. The smallest absolute Gasteiger partial charge is 0.166 e. The minimum absolute atomic E-state index is 0.624. The van der Waals surface area contributed by atoms with Gasteiger partial charge in [-0.15, -0.1) is 6.58 Å². The van der Waals surface area contributed by atoms with Gasteiger partial charge in [0.2, 0.25) is 0 Å². The van der Waals surface area contributed by atoms with E-state index in [1.807, 2.05) is 0 Å². The van der Waals surface area contributed by atoms with Gasteiger partial charge in [-0.3, -0.25) is 0 Å². The van der Waals surface area contributed by atoms with Gasteiger partial charge in [-0.25, -0.2) is 0 Å². The maximum Gasteiger partial charge on any atom is 0.166 e. The van der Waals surface area contributed by atoms with Gasteiger partial charge in [-0.05, 0) is 18.1 Å². The molecule has 0 aromatic heterocycles. The molecule has 0 aliphatic rings. The first-order valence-electron chi connectivity index (χ1n) is 3.79. The third-order valence-corrected chi connectivity index (χ3v) is 1.37. The maximum absolute atomic E-state index is 4.97. The molecule has 0 amide bonds. The molecule has 0 aliphatic heterocycles. The molecule has 0 saturated carbocycles. The summed E-state index contributed by atoms with van der Waals surface area (Å²) >= 11 is 4.97. The second-order valence-corrected chi connectivity index (χ2v) is 3.18. The van der Waals surface area contributed by atoms with Crippen LogP contribution in [0.1, 0.15) is 13.8 Å². The van der Waals surface area contributed by atoms with Gasteiger partial charge < -0.3 is 10.6 Å². The molecule has 2 nitrogen and oxygen atoms in total. The predicted molar refractivity (Wildman–Crippen MR) is 53.6 cm³/mol.